The van der Waals surface area contributed by atoms with Crippen LogP contribution in [-0.4, -0.2) is 40.3 Å². The average Bonchev–Trinajstić information content (AvgIpc) is 2.79. The molecule has 19 heavy (non-hydrogen) atoms. The van der Waals surface area contributed by atoms with Crippen molar-refractivity contribution in [2.45, 2.75) is 31.1 Å². The van der Waals surface area contributed by atoms with Gasteiger partial charge in [0.05, 0.1) is 11.0 Å². The monoisotopic (exact) mass is 304 g/mol. The number of thioether (sulfide) groups is 1. The van der Waals surface area contributed by atoms with Crippen LogP contribution in [0.1, 0.15) is 31.8 Å². The highest BCUT2D eigenvalue weighted by Crippen LogP contribution is 2.39. The number of aliphatic hydroxyl groups excluding tert-OH is 1. The molecule has 0 fully saturated rings. The predicted molar refractivity (Wildman–Crippen MR) is 80.1 cm³/mol. The van der Waals surface area contributed by atoms with E-state index in [4.69, 9.17) is 0 Å². The van der Waals surface area contributed by atoms with E-state index in [9.17, 15) is 15.2 Å². The fraction of sp³-hybridized carbons (Fsp3) is 0.667. The molecule has 1 N–H and O–H groups in total. The first-order chi connectivity index (χ1) is 8.99. The third-order valence-electron chi connectivity index (χ3n) is 2.84. The quantitative estimate of drug-likeness (QED) is 0.454. The van der Waals surface area contributed by atoms with Gasteiger partial charge in [0, 0.05) is 23.2 Å². The van der Waals surface area contributed by atoms with Crippen LogP contribution in [0, 0.1) is 10.1 Å². The van der Waals surface area contributed by atoms with Crippen molar-refractivity contribution in [2.24, 2.45) is 0 Å². The van der Waals surface area contributed by atoms with Gasteiger partial charge in [-0.2, -0.15) is 0 Å². The van der Waals surface area contributed by atoms with Crippen LogP contribution in [-0.2, 0) is 0 Å². The van der Waals surface area contributed by atoms with Crippen molar-refractivity contribution >= 4 is 28.8 Å². The number of hydrogen-bond donors (Lipinski definition) is 1. The predicted octanol–water partition coefficient (Wildman–Crippen LogP) is 3.14. The minimum atomic E-state index is -0.652. The smallest absolute Gasteiger partial charge is 0.294 e. The van der Waals surface area contributed by atoms with E-state index in [2.05, 4.69) is 18.7 Å². The van der Waals surface area contributed by atoms with Gasteiger partial charge in [0.25, 0.3) is 5.69 Å². The molecule has 0 aromatic carbocycles. The second-order valence-corrected chi connectivity index (χ2v) is 6.58. The molecule has 0 aliphatic carbocycles. The molecule has 0 radical (unpaired) electrons. The standard InChI is InChI=1S/C12H20N2O3S2/c1-4-13(5-2)6-7-18-12-10(14(16)17)8-11(19-12)9(3)15/h8-9,15H,4-7H2,1-3H3/t9-/m0/s1. The fourth-order valence-electron chi connectivity index (χ4n) is 1.63. The minimum Gasteiger partial charge on any atom is -0.388 e. The van der Waals surface area contributed by atoms with Gasteiger partial charge >= 0.3 is 0 Å². The van der Waals surface area contributed by atoms with Gasteiger partial charge in [0.1, 0.15) is 4.21 Å². The van der Waals surface area contributed by atoms with Crippen LogP contribution in [0.15, 0.2) is 10.3 Å². The average molecular weight is 304 g/mol. The molecule has 5 nitrogen and oxygen atoms in total. The van der Waals surface area contributed by atoms with Gasteiger partial charge in [-0.05, 0) is 20.0 Å². The molecular weight excluding hydrogens is 284 g/mol. The van der Waals surface area contributed by atoms with Crippen LogP contribution >= 0.6 is 23.1 Å². The molecule has 7 heteroatoms. The highest BCUT2D eigenvalue weighted by Gasteiger charge is 2.21. The van der Waals surface area contributed by atoms with Crippen LogP contribution < -0.4 is 0 Å². The van der Waals surface area contributed by atoms with Gasteiger partial charge in [0.2, 0.25) is 0 Å². The highest BCUT2D eigenvalue weighted by molar-refractivity contribution is 8.01. The van der Waals surface area contributed by atoms with E-state index in [0.717, 1.165) is 25.4 Å². The van der Waals surface area contributed by atoms with Crippen molar-refractivity contribution in [1.29, 1.82) is 0 Å². The lowest BCUT2D eigenvalue weighted by Gasteiger charge is -2.16. The van der Waals surface area contributed by atoms with E-state index in [1.54, 1.807) is 6.92 Å². The molecule has 1 atom stereocenters. The van der Waals surface area contributed by atoms with Gasteiger partial charge in [-0.15, -0.1) is 23.1 Å². The Labute approximate surface area is 121 Å². The molecule has 0 amide bonds. The van der Waals surface area contributed by atoms with Gasteiger partial charge in [-0.25, -0.2) is 0 Å². The van der Waals surface area contributed by atoms with E-state index in [0.29, 0.717) is 9.09 Å². The number of aliphatic hydroxyl groups is 1. The van der Waals surface area contributed by atoms with Crippen LogP contribution in [0.25, 0.3) is 0 Å². The number of nitro groups is 1. The second-order valence-electron chi connectivity index (χ2n) is 4.13. The molecule has 1 rings (SSSR count). The van der Waals surface area contributed by atoms with Crippen LogP contribution in [0.2, 0.25) is 0 Å². The molecule has 1 heterocycles. The van der Waals surface area contributed by atoms with Crippen LogP contribution in [0.4, 0.5) is 5.69 Å². The first-order valence-corrected chi connectivity index (χ1v) is 8.11. The molecule has 1 aromatic rings. The Morgan fingerprint density at radius 2 is 2.16 bits per heavy atom. The van der Waals surface area contributed by atoms with E-state index < -0.39 is 6.10 Å². The first kappa shape index (κ1) is 16.4. The summed E-state index contributed by atoms with van der Waals surface area (Å²) in [6.07, 6.45) is -0.652. The maximum Gasteiger partial charge on any atom is 0.294 e. The Kier molecular flexibility index (Phi) is 6.78. The summed E-state index contributed by atoms with van der Waals surface area (Å²) < 4.78 is 0.688. The van der Waals surface area contributed by atoms with E-state index in [-0.39, 0.29) is 10.6 Å². The zero-order valence-electron chi connectivity index (χ0n) is 11.5. The number of thiophene rings is 1. The Hall–Kier alpha value is -0.630. The van der Waals surface area contributed by atoms with Gasteiger partial charge < -0.3 is 10.0 Å². The van der Waals surface area contributed by atoms with Crippen LogP contribution in [0.3, 0.4) is 0 Å². The maximum atomic E-state index is 11.0. The lowest BCUT2D eigenvalue weighted by molar-refractivity contribution is -0.387. The topological polar surface area (TPSA) is 66.6 Å². The van der Waals surface area contributed by atoms with Gasteiger partial charge in [-0.1, -0.05) is 13.8 Å². The molecule has 1 aromatic heterocycles. The molecule has 0 bridgehead atoms. The molecule has 0 saturated carbocycles. The summed E-state index contributed by atoms with van der Waals surface area (Å²) in [7, 11) is 0. The van der Waals surface area contributed by atoms with Crippen molar-refractivity contribution in [1.82, 2.24) is 4.90 Å². The van der Waals surface area contributed by atoms with Gasteiger partial charge in [-0.3, -0.25) is 10.1 Å². The van der Waals surface area contributed by atoms with Crippen molar-refractivity contribution in [3.63, 3.8) is 0 Å². The Morgan fingerprint density at radius 1 is 1.53 bits per heavy atom. The Morgan fingerprint density at radius 3 is 2.63 bits per heavy atom. The lowest BCUT2D eigenvalue weighted by atomic mass is 10.3. The lowest BCUT2D eigenvalue weighted by Crippen LogP contribution is -2.25. The minimum absolute atomic E-state index is 0.116. The largest absolute Gasteiger partial charge is 0.388 e. The fourth-order valence-corrected chi connectivity index (χ4v) is 4.01. The van der Waals surface area contributed by atoms with Crippen molar-refractivity contribution in [3.8, 4) is 0 Å². The summed E-state index contributed by atoms with van der Waals surface area (Å²) in [5, 5.41) is 20.5. The van der Waals surface area contributed by atoms with Crippen LogP contribution in [0.5, 0.6) is 0 Å². The summed E-state index contributed by atoms with van der Waals surface area (Å²) in [5.41, 5.74) is 0.116. The van der Waals surface area contributed by atoms with E-state index in [1.165, 1.54) is 29.2 Å². The summed E-state index contributed by atoms with van der Waals surface area (Å²) in [6.45, 7) is 8.72. The number of hydrogen-bond acceptors (Lipinski definition) is 6. The summed E-state index contributed by atoms with van der Waals surface area (Å²) in [5.74, 6) is 0.822. The second kappa shape index (κ2) is 7.84. The van der Waals surface area contributed by atoms with Crippen molar-refractivity contribution < 1.29 is 10.0 Å². The molecule has 0 aliphatic rings. The summed E-state index contributed by atoms with van der Waals surface area (Å²) in [6, 6.07) is 1.48. The zero-order chi connectivity index (χ0) is 14.4. The molecule has 0 aliphatic heterocycles. The Balaban J connectivity index is 2.68. The summed E-state index contributed by atoms with van der Waals surface area (Å²) >= 11 is 2.81. The highest BCUT2D eigenvalue weighted by atomic mass is 32.2. The normalized spacial score (nSPS) is 12.9. The third kappa shape index (κ3) is 4.76. The van der Waals surface area contributed by atoms with Gasteiger partial charge in [0.15, 0.2) is 0 Å². The van der Waals surface area contributed by atoms with Crippen molar-refractivity contribution in [3.05, 3.63) is 21.1 Å². The summed E-state index contributed by atoms with van der Waals surface area (Å²) in [4.78, 5) is 13.5. The molecule has 0 unspecified atom stereocenters. The third-order valence-corrected chi connectivity index (χ3v) is 5.39. The maximum absolute atomic E-state index is 11.0. The van der Waals surface area contributed by atoms with E-state index >= 15 is 0 Å². The SMILES string of the molecule is CCN(CC)CCSc1sc([C@H](C)O)cc1[N+](=O)[O-]. The first-order valence-electron chi connectivity index (χ1n) is 6.30. The Bertz CT molecular complexity index is 417. The van der Waals surface area contributed by atoms with Crippen molar-refractivity contribution in [2.75, 3.05) is 25.4 Å². The molecule has 0 saturated heterocycles. The zero-order valence-corrected chi connectivity index (χ0v) is 13.1. The molecular formula is C12H20N2O3S2. The number of rotatable bonds is 8. The molecule has 108 valence electrons. The number of nitrogens with zero attached hydrogens (tertiary/aromatic N) is 2. The van der Waals surface area contributed by atoms with E-state index in [1.807, 2.05) is 0 Å². The molecule has 0 spiro atoms.